The highest BCUT2D eigenvalue weighted by Crippen LogP contribution is 2.23. The molecule has 1 fully saturated rings. The Labute approximate surface area is 85.6 Å². The maximum Gasteiger partial charge on any atom is 0.101 e. The third-order valence-corrected chi connectivity index (χ3v) is 3.40. The number of thioether (sulfide) groups is 1. The molecule has 1 heterocycles. The van der Waals surface area contributed by atoms with Crippen molar-refractivity contribution in [1.82, 2.24) is 4.90 Å². The number of nitrogens with one attached hydrogen (secondary N) is 1. The van der Waals surface area contributed by atoms with Crippen LogP contribution in [0.3, 0.4) is 0 Å². The summed E-state index contributed by atoms with van der Waals surface area (Å²) in [6.45, 7) is 10.7. The van der Waals surface area contributed by atoms with E-state index in [9.17, 15) is 0 Å². The molecule has 1 aliphatic rings. The van der Waals surface area contributed by atoms with Crippen molar-refractivity contribution in [3.8, 4) is 0 Å². The number of rotatable bonds is 0. The highest BCUT2D eigenvalue weighted by molar-refractivity contribution is 7.99. The van der Waals surface area contributed by atoms with Crippen molar-refractivity contribution in [2.24, 2.45) is 5.41 Å². The number of amidine groups is 1. The first-order chi connectivity index (χ1) is 5.91. The first-order valence-electron chi connectivity index (χ1n) is 4.87. The van der Waals surface area contributed by atoms with Gasteiger partial charge in [-0.1, -0.05) is 27.7 Å². The van der Waals surface area contributed by atoms with Crippen LogP contribution in [0.15, 0.2) is 0 Å². The van der Waals surface area contributed by atoms with Gasteiger partial charge in [0.05, 0.1) is 0 Å². The Morgan fingerprint density at radius 2 is 2.08 bits per heavy atom. The normalized spacial score (nSPS) is 24.6. The molecule has 0 radical (unpaired) electrons. The van der Waals surface area contributed by atoms with Gasteiger partial charge in [0.1, 0.15) is 5.84 Å². The molecule has 2 nitrogen and oxygen atoms in total. The van der Waals surface area contributed by atoms with Gasteiger partial charge in [0, 0.05) is 29.5 Å². The van der Waals surface area contributed by atoms with E-state index in [1.807, 2.05) is 11.8 Å². The van der Waals surface area contributed by atoms with Gasteiger partial charge >= 0.3 is 0 Å². The summed E-state index contributed by atoms with van der Waals surface area (Å²) >= 11 is 2.01. The molecule has 0 amide bonds. The SMILES string of the molecule is CC1CN(C(=N)C(C)(C)C)CCS1. The Balaban J connectivity index is 2.56. The highest BCUT2D eigenvalue weighted by atomic mass is 32.2. The van der Waals surface area contributed by atoms with Crippen LogP contribution in [0.2, 0.25) is 0 Å². The van der Waals surface area contributed by atoms with Crippen LogP contribution in [-0.2, 0) is 0 Å². The van der Waals surface area contributed by atoms with Crippen LogP contribution in [0, 0.1) is 10.8 Å². The molecule has 1 unspecified atom stereocenters. The third-order valence-electron chi connectivity index (χ3n) is 2.27. The van der Waals surface area contributed by atoms with Crippen molar-refractivity contribution in [2.45, 2.75) is 32.9 Å². The molecule has 0 aliphatic carbocycles. The van der Waals surface area contributed by atoms with Crippen molar-refractivity contribution >= 4 is 17.6 Å². The quantitative estimate of drug-likeness (QED) is 0.480. The van der Waals surface area contributed by atoms with Crippen molar-refractivity contribution in [3.63, 3.8) is 0 Å². The molecule has 0 saturated carbocycles. The smallest absolute Gasteiger partial charge is 0.101 e. The molecule has 3 heteroatoms. The van der Waals surface area contributed by atoms with Crippen LogP contribution in [0.25, 0.3) is 0 Å². The lowest BCUT2D eigenvalue weighted by molar-refractivity contribution is 0.377. The maximum atomic E-state index is 8.04. The number of hydrogen-bond donors (Lipinski definition) is 1. The van der Waals surface area contributed by atoms with Crippen LogP contribution >= 0.6 is 11.8 Å². The van der Waals surface area contributed by atoms with Gasteiger partial charge in [0.15, 0.2) is 0 Å². The molecule has 1 aliphatic heterocycles. The largest absolute Gasteiger partial charge is 0.358 e. The van der Waals surface area contributed by atoms with Gasteiger partial charge in [-0.05, 0) is 0 Å². The Hall–Kier alpha value is -0.180. The van der Waals surface area contributed by atoms with Crippen molar-refractivity contribution in [1.29, 1.82) is 5.41 Å². The van der Waals surface area contributed by atoms with Gasteiger partial charge in [-0.25, -0.2) is 0 Å². The molecule has 76 valence electrons. The zero-order valence-corrected chi connectivity index (χ0v) is 9.87. The van der Waals surface area contributed by atoms with Crippen LogP contribution in [0.5, 0.6) is 0 Å². The second-order valence-electron chi connectivity index (χ2n) is 4.73. The molecular formula is C10H20N2S. The zero-order chi connectivity index (χ0) is 10.1. The Morgan fingerprint density at radius 3 is 2.54 bits per heavy atom. The summed E-state index contributed by atoms with van der Waals surface area (Å²) in [5.74, 6) is 1.96. The monoisotopic (exact) mass is 200 g/mol. The van der Waals surface area contributed by atoms with Crippen LogP contribution in [-0.4, -0.2) is 34.8 Å². The summed E-state index contributed by atoms with van der Waals surface area (Å²) in [7, 11) is 0. The zero-order valence-electron chi connectivity index (χ0n) is 9.05. The third kappa shape index (κ3) is 2.90. The first kappa shape index (κ1) is 10.9. The second kappa shape index (κ2) is 3.91. The van der Waals surface area contributed by atoms with Crippen LogP contribution in [0.4, 0.5) is 0 Å². The van der Waals surface area contributed by atoms with Crippen molar-refractivity contribution < 1.29 is 0 Å². The summed E-state index contributed by atoms with van der Waals surface area (Å²) in [4.78, 5) is 2.22. The van der Waals surface area contributed by atoms with Gasteiger partial charge in [-0.3, -0.25) is 5.41 Å². The average molecular weight is 200 g/mol. The Morgan fingerprint density at radius 1 is 1.46 bits per heavy atom. The Bertz CT molecular complexity index is 196. The lowest BCUT2D eigenvalue weighted by Gasteiger charge is -2.37. The molecule has 1 rings (SSSR count). The molecule has 1 N–H and O–H groups in total. The van der Waals surface area contributed by atoms with E-state index in [2.05, 4.69) is 32.6 Å². The van der Waals surface area contributed by atoms with E-state index in [-0.39, 0.29) is 5.41 Å². The van der Waals surface area contributed by atoms with Gasteiger partial charge in [-0.15, -0.1) is 0 Å². The molecule has 0 aromatic carbocycles. The maximum absolute atomic E-state index is 8.04. The predicted octanol–water partition coefficient (Wildman–Crippen LogP) is 2.45. The molecule has 1 saturated heterocycles. The molecule has 0 aromatic rings. The van der Waals surface area contributed by atoms with Crippen LogP contribution in [0.1, 0.15) is 27.7 Å². The first-order valence-corrected chi connectivity index (χ1v) is 5.91. The standard InChI is InChI=1S/C10H20N2S/c1-8-7-12(5-6-13-8)9(11)10(2,3)4/h8,11H,5-7H2,1-4H3. The fourth-order valence-electron chi connectivity index (χ4n) is 1.50. The van der Waals surface area contributed by atoms with Gasteiger partial charge < -0.3 is 4.90 Å². The number of hydrogen-bond acceptors (Lipinski definition) is 2. The summed E-state index contributed by atoms with van der Waals surface area (Å²) in [5.41, 5.74) is 0.00171. The Kier molecular flexibility index (Phi) is 3.28. The lowest BCUT2D eigenvalue weighted by atomic mass is 9.94. The summed E-state index contributed by atoms with van der Waals surface area (Å²) in [6, 6.07) is 0. The average Bonchev–Trinajstić information content (AvgIpc) is 2.01. The van der Waals surface area contributed by atoms with Crippen molar-refractivity contribution in [2.75, 3.05) is 18.8 Å². The molecular weight excluding hydrogens is 180 g/mol. The summed E-state index contributed by atoms with van der Waals surface area (Å²) in [6.07, 6.45) is 0. The van der Waals surface area contributed by atoms with Gasteiger partial charge in [-0.2, -0.15) is 11.8 Å². The molecule has 0 bridgehead atoms. The lowest BCUT2D eigenvalue weighted by Crippen LogP contribution is -2.45. The van der Waals surface area contributed by atoms with Gasteiger partial charge in [0.2, 0.25) is 0 Å². The van der Waals surface area contributed by atoms with E-state index in [0.29, 0.717) is 5.25 Å². The minimum absolute atomic E-state index is 0.00171. The minimum atomic E-state index is 0.00171. The molecule has 0 aromatic heterocycles. The fourth-order valence-corrected chi connectivity index (χ4v) is 2.51. The number of nitrogens with zero attached hydrogens (tertiary/aromatic N) is 1. The van der Waals surface area contributed by atoms with Crippen LogP contribution < -0.4 is 0 Å². The van der Waals surface area contributed by atoms with E-state index in [4.69, 9.17) is 5.41 Å². The minimum Gasteiger partial charge on any atom is -0.358 e. The van der Waals surface area contributed by atoms with E-state index in [1.54, 1.807) is 0 Å². The highest BCUT2D eigenvalue weighted by Gasteiger charge is 2.26. The summed E-state index contributed by atoms with van der Waals surface area (Å²) in [5, 5.41) is 8.72. The second-order valence-corrected chi connectivity index (χ2v) is 6.27. The predicted molar refractivity (Wildman–Crippen MR) is 60.7 cm³/mol. The summed E-state index contributed by atoms with van der Waals surface area (Å²) < 4.78 is 0. The van der Waals surface area contributed by atoms with E-state index < -0.39 is 0 Å². The fraction of sp³-hybridized carbons (Fsp3) is 0.900. The topological polar surface area (TPSA) is 27.1 Å². The molecule has 13 heavy (non-hydrogen) atoms. The van der Waals surface area contributed by atoms with E-state index in [0.717, 1.165) is 18.9 Å². The van der Waals surface area contributed by atoms with E-state index in [1.165, 1.54) is 5.75 Å². The van der Waals surface area contributed by atoms with E-state index >= 15 is 0 Å². The molecule has 0 spiro atoms. The molecule has 1 atom stereocenters. The van der Waals surface area contributed by atoms with Crippen molar-refractivity contribution in [3.05, 3.63) is 0 Å². The van der Waals surface area contributed by atoms with Gasteiger partial charge in [0.25, 0.3) is 0 Å².